The first-order valence-corrected chi connectivity index (χ1v) is 12.3. The molecule has 2 saturated carbocycles. The van der Waals surface area contributed by atoms with E-state index in [9.17, 15) is 14.4 Å². The number of carbonyl (C=O) groups is 3. The fourth-order valence-electron chi connectivity index (χ4n) is 5.04. The monoisotopic (exact) mass is 433 g/mol. The van der Waals surface area contributed by atoms with E-state index in [1.165, 1.54) is 37.7 Å². The number of anilines is 1. The Morgan fingerprint density at radius 3 is 2.28 bits per heavy atom. The number of thioether (sulfide) groups is 2. The third-order valence-corrected chi connectivity index (χ3v) is 10.4. The van der Waals surface area contributed by atoms with Gasteiger partial charge in [0.1, 0.15) is 0 Å². The maximum absolute atomic E-state index is 12.7. The average molecular weight is 434 g/mol. The number of ketones is 1. The van der Waals surface area contributed by atoms with Crippen molar-refractivity contribution in [1.29, 1.82) is 0 Å². The van der Waals surface area contributed by atoms with Gasteiger partial charge in [0, 0.05) is 22.8 Å². The first-order chi connectivity index (χ1) is 14.0. The van der Waals surface area contributed by atoms with Crippen LogP contribution in [0.25, 0.3) is 0 Å². The second-order valence-electron chi connectivity index (χ2n) is 8.20. The summed E-state index contributed by atoms with van der Waals surface area (Å²) < 4.78 is 5.71. The molecule has 1 spiro atoms. The number of benzene rings is 1. The van der Waals surface area contributed by atoms with Gasteiger partial charge in [0.2, 0.25) is 0 Å². The summed E-state index contributed by atoms with van der Waals surface area (Å²) in [7, 11) is 0. The predicted octanol–water partition coefficient (Wildman–Crippen LogP) is 4.37. The molecular weight excluding hydrogens is 406 g/mol. The van der Waals surface area contributed by atoms with Crippen molar-refractivity contribution in [3.05, 3.63) is 29.8 Å². The van der Waals surface area contributed by atoms with Gasteiger partial charge in [-0.05, 0) is 68.7 Å². The van der Waals surface area contributed by atoms with Crippen LogP contribution in [0.1, 0.15) is 49.4 Å². The summed E-state index contributed by atoms with van der Waals surface area (Å²) in [5.74, 6) is 2.92. The Morgan fingerprint density at radius 1 is 1.07 bits per heavy atom. The number of ether oxygens (including phenoxy) is 1. The Morgan fingerprint density at radius 2 is 1.69 bits per heavy atom. The van der Waals surface area contributed by atoms with Gasteiger partial charge in [-0.2, -0.15) is 0 Å². The Hall–Kier alpha value is -1.47. The van der Waals surface area contributed by atoms with E-state index in [1.807, 2.05) is 0 Å². The van der Waals surface area contributed by atoms with Gasteiger partial charge in [0.15, 0.2) is 12.4 Å². The lowest BCUT2D eigenvalue weighted by Gasteiger charge is -2.51. The number of rotatable bonds is 5. The van der Waals surface area contributed by atoms with E-state index in [1.54, 1.807) is 24.3 Å². The van der Waals surface area contributed by atoms with Crippen LogP contribution in [0.5, 0.6) is 0 Å². The lowest BCUT2D eigenvalue weighted by atomic mass is 9.67. The van der Waals surface area contributed by atoms with Gasteiger partial charge in [-0.3, -0.25) is 14.4 Å². The van der Waals surface area contributed by atoms with Crippen molar-refractivity contribution < 1.29 is 19.1 Å². The Labute approximate surface area is 180 Å². The van der Waals surface area contributed by atoms with Crippen molar-refractivity contribution in [3.63, 3.8) is 0 Å². The van der Waals surface area contributed by atoms with Crippen LogP contribution in [-0.4, -0.2) is 39.9 Å². The lowest BCUT2D eigenvalue weighted by molar-refractivity contribution is -0.154. The number of Topliss-reactive ketones (excluding diaryl/α,β-unsaturated/α-hetero) is 1. The van der Waals surface area contributed by atoms with Crippen molar-refractivity contribution >= 4 is 46.9 Å². The number of hydrogen-bond donors (Lipinski definition) is 1. The van der Waals surface area contributed by atoms with Gasteiger partial charge in [0.25, 0.3) is 5.91 Å². The smallest absolute Gasteiger partial charge is 0.309 e. The highest BCUT2D eigenvalue weighted by atomic mass is 32.2. The van der Waals surface area contributed by atoms with Crippen molar-refractivity contribution in [1.82, 2.24) is 0 Å². The fraction of sp³-hybridized carbons (Fsp3) is 0.591. The van der Waals surface area contributed by atoms with Crippen LogP contribution in [0.15, 0.2) is 24.3 Å². The maximum atomic E-state index is 12.7. The molecule has 1 aromatic carbocycles. The highest BCUT2D eigenvalue weighted by Crippen LogP contribution is 2.64. The minimum absolute atomic E-state index is 0.0229. The molecule has 2 aliphatic carbocycles. The lowest BCUT2D eigenvalue weighted by Crippen LogP contribution is -2.48. The van der Waals surface area contributed by atoms with Crippen LogP contribution >= 0.6 is 23.5 Å². The van der Waals surface area contributed by atoms with Gasteiger partial charge in [-0.1, -0.05) is 6.42 Å². The molecule has 0 aromatic heterocycles. The number of amides is 1. The van der Waals surface area contributed by atoms with Crippen LogP contribution in [0, 0.1) is 17.8 Å². The Kier molecular flexibility index (Phi) is 6.25. The molecule has 3 aliphatic rings. The van der Waals surface area contributed by atoms with Gasteiger partial charge in [-0.25, -0.2) is 0 Å². The minimum atomic E-state index is -0.358. The summed E-state index contributed by atoms with van der Waals surface area (Å²) in [5, 5.41) is 2.71. The van der Waals surface area contributed by atoms with Crippen LogP contribution in [0.3, 0.4) is 0 Å². The molecule has 1 aliphatic heterocycles. The number of carbonyl (C=O) groups excluding carboxylic acids is 3. The molecule has 1 unspecified atom stereocenters. The molecule has 4 rings (SSSR count). The third-order valence-electron chi connectivity index (χ3n) is 6.37. The molecule has 156 valence electrons. The molecule has 1 heterocycles. The van der Waals surface area contributed by atoms with E-state index >= 15 is 0 Å². The summed E-state index contributed by atoms with van der Waals surface area (Å²) in [5.41, 5.74) is 1.18. The molecule has 0 radical (unpaired) electrons. The van der Waals surface area contributed by atoms with Crippen LogP contribution in [-0.2, 0) is 14.3 Å². The van der Waals surface area contributed by atoms with E-state index < -0.39 is 0 Å². The van der Waals surface area contributed by atoms with Gasteiger partial charge >= 0.3 is 5.97 Å². The second-order valence-corrected chi connectivity index (χ2v) is 11.2. The summed E-state index contributed by atoms with van der Waals surface area (Å²) in [6.07, 6.45) is 5.46. The topological polar surface area (TPSA) is 72.5 Å². The van der Waals surface area contributed by atoms with Gasteiger partial charge in [-0.15, -0.1) is 23.5 Å². The van der Waals surface area contributed by atoms with E-state index in [2.05, 4.69) is 28.8 Å². The zero-order valence-electron chi connectivity index (χ0n) is 16.6. The molecule has 3 atom stereocenters. The van der Waals surface area contributed by atoms with Crippen molar-refractivity contribution in [2.45, 2.75) is 43.1 Å². The molecule has 7 heteroatoms. The Bertz CT molecular complexity index is 773. The van der Waals surface area contributed by atoms with Crippen LogP contribution in [0.2, 0.25) is 0 Å². The molecule has 5 nitrogen and oxygen atoms in total. The van der Waals surface area contributed by atoms with Crippen LogP contribution < -0.4 is 5.32 Å². The van der Waals surface area contributed by atoms with E-state index in [-0.39, 0.29) is 30.2 Å². The standard InChI is InChI=1S/C22H27NO4S2/c1-14(24)15-5-7-19(8-6-15)23-20(25)13-27-21(26)16-11-17-3-2-4-18(12-16)22(17)28-9-10-29-22/h5-8,16-18H,2-4,9-13H2,1H3,(H,23,25)/t16?,17-,18+. The van der Waals surface area contributed by atoms with Gasteiger partial charge in [0.05, 0.1) is 10.00 Å². The summed E-state index contributed by atoms with van der Waals surface area (Å²) in [6.45, 7) is 1.23. The fourth-order valence-corrected chi connectivity index (χ4v) is 8.98. The largest absolute Gasteiger partial charge is 0.455 e. The molecule has 3 fully saturated rings. The summed E-state index contributed by atoms with van der Waals surface area (Å²) in [6, 6.07) is 6.68. The summed E-state index contributed by atoms with van der Waals surface area (Å²) in [4.78, 5) is 36.1. The average Bonchev–Trinajstić information content (AvgIpc) is 3.16. The SMILES string of the molecule is CC(=O)c1ccc(NC(=O)COC(=O)C2C[C@H]3CCC[C@@H](C2)C32SCCS2)cc1. The van der Waals surface area contributed by atoms with E-state index in [0.717, 1.165) is 12.8 Å². The Balaban J connectivity index is 1.28. The molecule has 1 N–H and O–H groups in total. The van der Waals surface area contributed by atoms with Gasteiger partial charge < -0.3 is 10.1 Å². The molecule has 1 aromatic rings. The van der Waals surface area contributed by atoms with Crippen molar-refractivity contribution in [3.8, 4) is 0 Å². The first-order valence-electron chi connectivity index (χ1n) is 10.3. The number of nitrogens with one attached hydrogen (secondary N) is 1. The number of esters is 1. The summed E-state index contributed by atoms with van der Waals surface area (Å²) >= 11 is 4.24. The predicted molar refractivity (Wildman–Crippen MR) is 117 cm³/mol. The van der Waals surface area contributed by atoms with E-state index in [4.69, 9.17) is 4.74 Å². The minimum Gasteiger partial charge on any atom is -0.455 e. The normalized spacial score (nSPS) is 27.4. The van der Waals surface area contributed by atoms with Crippen molar-refractivity contribution in [2.24, 2.45) is 17.8 Å². The second kappa shape index (κ2) is 8.72. The highest BCUT2D eigenvalue weighted by molar-refractivity contribution is 8.21. The highest BCUT2D eigenvalue weighted by Gasteiger charge is 2.55. The zero-order chi connectivity index (χ0) is 20.4. The quantitative estimate of drug-likeness (QED) is 0.549. The van der Waals surface area contributed by atoms with E-state index in [0.29, 0.717) is 27.2 Å². The first kappa shape index (κ1) is 20.8. The molecule has 1 amide bonds. The van der Waals surface area contributed by atoms with Crippen LogP contribution in [0.4, 0.5) is 5.69 Å². The molecule has 1 saturated heterocycles. The zero-order valence-corrected chi connectivity index (χ0v) is 18.3. The number of hydrogen-bond acceptors (Lipinski definition) is 6. The maximum Gasteiger partial charge on any atom is 0.309 e. The molecule has 2 bridgehead atoms. The third kappa shape index (κ3) is 4.36. The van der Waals surface area contributed by atoms with Crippen molar-refractivity contribution in [2.75, 3.05) is 23.4 Å². The molecular formula is C22H27NO4S2. The molecule has 29 heavy (non-hydrogen) atoms.